The first-order valence-electron chi connectivity index (χ1n) is 15.6. The van der Waals surface area contributed by atoms with Crippen LogP contribution in [0.4, 0.5) is 0 Å². The van der Waals surface area contributed by atoms with Crippen molar-refractivity contribution in [2.24, 2.45) is 5.73 Å². The third-order valence-electron chi connectivity index (χ3n) is 8.81. The minimum absolute atomic E-state index is 0.269. The van der Waals surface area contributed by atoms with Gasteiger partial charge in [0, 0.05) is 12.8 Å². The van der Waals surface area contributed by atoms with Crippen LogP contribution in [0.1, 0.15) is 102 Å². The number of fused-ring (bicyclic) bond motifs is 1. The molecule has 1 saturated heterocycles. The largest absolute Gasteiger partial charge is 0.497 e. The smallest absolute Gasteiger partial charge is 0.346 e. The van der Waals surface area contributed by atoms with E-state index in [0.717, 1.165) is 31.1 Å². The topological polar surface area (TPSA) is 50.7 Å². The number of nitrogens with two attached hydrogens (primary N) is 1. The first-order valence-corrected chi connectivity index (χ1v) is 15.6. The third kappa shape index (κ3) is 8.23. The number of unbranched alkanes of at least 4 members (excludes halogenated alkanes) is 4. The fraction of sp³-hybridized carbons (Fsp3) is 0.618. The van der Waals surface area contributed by atoms with Crippen LogP contribution in [-0.2, 0) is 17.9 Å². The fourth-order valence-corrected chi connectivity index (χ4v) is 6.60. The molecule has 214 valence electrons. The Morgan fingerprint density at radius 2 is 1.67 bits per heavy atom. The van der Waals surface area contributed by atoms with E-state index >= 15 is 0 Å². The SMILES string of the molecule is CCCCC[C@@H](C[C@@H]1CC[C@@H]2C[C@@H](CCCCC)N(Cc3ccc(OC)cc3)C(N)=[N+]21)OCc1ccccc1. The van der Waals surface area contributed by atoms with Crippen LogP contribution in [0, 0.1) is 0 Å². The molecule has 0 amide bonds. The molecular weight excluding hydrogens is 482 g/mol. The summed E-state index contributed by atoms with van der Waals surface area (Å²) in [6, 6.07) is 20.6. The molecule has 0 unspecified atom stereocenters. The number of methoxy groups -OCH3 is 1. The highest BCUT2D eigenvalue weighted by molar-refractivity contribution is 5.74. The Hall–Kier alpha value is -2.53. The van der Waals surface area contributed by atoms with Crippen molar-refractivity contribution in [3.05, 3.63) is 65.7 Å². The molecule has 2 aliphatic heterocycles. The molecule has 2 heterocycles. The highest BCUT2D eigenvalue weighted by Crippen LogP contribution is 2.34. The standard InChI is InChI=1S/C34H51N3O2/c1-4-6-9-15-29-23-30-19-20-31(24-33(16-10-7-5-2)39-26-28-13-11-8-12-14-28)37(30)34(35)36(29)25-27-17-21-32(38-3)22-18-27/h8,11-14,17-18,21-22,29-31,33,35H,4-7,9-10,15-16,19-20,23-26H2,1-3H3/p+1/t29-,30-,31+,33+/m1/s1. The number of guanidine groups is 1. The lowest BCUT2D eigenvalue weighted by atomic mass is 9.96. The molecule has 0 aliphatic carbocycles. The second kappa shape index (κ2) is 15.3. The van der Waals surface area contributed by atoms with E-state index in [9.17, 15) is 0 Å². The number of rotatable bonds is 16. The molecular formula is C34H52N3O2+. The van der Waals surface area contributed by atoms with Crippen molar-refractivity contribution >= 4 is 5.96 Å². The zero-order chi connectivity index (χ0) is 27.5. The normalized spacial score (nSPS) is 21.7. The number of hydrogen-bond acceptors (Lipinski definition) is 4. The first-order chi connectivity index (χ1) is 19.1. The summed E-state index contributed by atoms with van der Waals surface area (Å²) in [7, 11) is 1.72. The summed E-state index contributed by atoms with van der Waals surface area (Å²) in [5, 5.41) is 0. The summed E-state index contributed by atoms with van der Waals surface area (Å²) in [5.74, 6) is 1.89. The molecule has 4 atom stereocenters. The molecule has 2 aromatic carbocycles. The summed E-state index contributed by atoms with van der Waals surface area (Å²) in [6.07, 6.45) is 14.9. The van der Waals surface area contributed by atoms with Crippen molar-refractivity contribution in [2.45, 2.75) is 128 Å². The molecule has 0 saturated carbocycles. The van der Waals surface area contributed by atoms with Crippen LogP contribution in [-0.4, -0.2) is 46.8 Å². The second-order valence-electron chi connectivity index (χ2n) is 11.7. The predicted octanol–water partition coefficient (Wildman–Crippen LogP) is 7.26. The van der Waals surface area contributed by atoms with Gasteiger partial charge in [0.05, 0.1) is 44.5 Å². The maximum Gasteiger partial charge on any atom is 0.346 e. The van der Waals surface area contributed by atoms with Gasteiger partial charge in [0.15, 0.2) is 0 Å². The van der Waals surface area contributed by atoms with E-state index in [1.54, 1.807) is 7.11 Å². The summed E-state index contributed by atoms with van der Waals surface area (Å²) in [6.45, 7) is 6.11. The van der Waals surface area contributed by atoms with Crippen LogP contribution in [0.3, 0.4) is 0 Å². The summed E-state index contributed by atoms with van der Waals surface area (Å²) < 4.78 is 14.6. The van der Waals surface area contributed by atoms with Crippen molar-refractivity contribution in [2.75, 3.05) is 7.11 Å². The van der Waals surface area contributed by atoms with Gasteiger partial charge >= 0.3 is 5.96 Å². The van der Waals surface area contributed by atoms with Crippen LogP contribution in [0.25, 0.3) is 0 Å². The van der Waals surface area contributed by atoms with Gasteiger partial charge in [-0.1, -0.05) is 94.8 Å². The van der Waals surface area contributed by atoms with Crippen molar-refractivity contribution in [3.8, 4) is 5.75 Å². The molecule has 5 nitrogen and oxygen atoms in total. The van der Waals surface area contributed by atoms with E-state index in [1.165, 1.54) is 75.3 Å². The third-order valence-corrected chi connectivity index (χ3v) is 8.81. The van der Waals surface area contributed by atoms with E-state index in [1.807, 2.05) is 0 Å². The molecule has 39 heavy (non-hydrogen) atoms. The minimum Gasteiger partial charge on any atom is -0.497 e. The summed E-state index contributed by atoms with van der Waals surface area (Å²) in [4.78, 5) is 2.52. The lowest BCUT2D eigenvalue weighted by Crippen LogP contribution is -2.57. The van der Waals surface area contributed by atoms with Crippen LogP contribution >= 0.6 is 0 Å². The van der Waals surface area contributed by atoms with E-state index in [4.69, 9.17) is 15.2 Å². The Balaban J connectivity index is 1.51. The van der Waals surface area contributed by atoms with Crippen molar-refractivity contribution in [3.63, 3.8) is 0 Å². The molecule has 2 N–H and O–H groups in total. The maximum atomic E-state index is 7.12. The Morgan fingerprint density at radius 1 is 0.923 bits per heavy atom. The number of hydrogen-bond donors (Lipinski definition) is 1. The summed E-state index contributed by atoms with van der Waals surface area (Å²) >= 11 is 0. The zero-order valence-corrected chi connectivity index (χ0v) is 24.7. The second-order valence-corrected chi connectivity index (χ2v) is 11.7. The molecule has 1 fully saturated rings. The Kier molecular flexibility index (Phi) is 11.6. The van der Waals surface area contributed by atoms with Gasteiger partial charge in [-0.3, -0.25) is 15.2 Å². The van der Waals surface area contributed by atoms with Gasteiger partial charge < -0.3 is 9.47 Å². The average molecular weight is 535 g/mol. The monoisotopic (exact) mass is 534 g/mol. The van der Waals surface area contributed by atoms with E-state index < -0.39 is 0 Å². The maximum absolute atomic E-state index is 7.12. The van der Waals surface area contributed by atoms with Crippen LogP contribution < -0.4 is 10.5 Å². The lowest BCUT2D eigenvalue weighted by Gasteiger charge is -2.37. The molecule has 0 bridgehead atoms. The molecule has 4 rings (SSSR count). The summed E-state index contributed by atoms with van der Waals surface area (Å²) in [5.41, 5.74) is 9.66. The van der Waals surface area contributed by atoms with Crippen molar-refractivity contribution in [1.82, 2.24) is 4.90 Å². The van der Waals surface area contributed by atoms with E-state index in [0.29, 0.717) is 24.7 Å². The van der Waals surface area contributed by atoms with Gasteiger partial charge in [-0.25, -0.2) is 0 Å². The number of ether oxygens (including phenoxy) is 2. The Bertz CT molecular complexity index is 1010. The van der Waals surface area contributed by atoms with Gasteiger partial charge in [0.2, 0.25) is 0 Å². The van der Waals surface area contributed by atoms with Crippen LogP contribution in [0.2, 0.25) is 0 Å². The molecule has 2 aliphatic rings. The lowest BCUT2D eigenvalue weighted by molar-refractivity contribution is -0.593. The molecule has 0 radical (unpaired) electrons. The van der Waals surface area contributed by atoms with Gasteiger partial charge in [-0.2, -0.15) is 0 Å². The highest BCUT2D eigenvalue weighted by atomic mass is 16.5. The van der Waals surface area contributed by atoms with Crippen molar-refractivity contribution < 1.29 is 14.0 Å². The molecule has 0 aromatic heterocycles. The average Bonchev–Trinajstić information content (AvgIpc) is 3.37. The van der Waals surface area contributed by atoms with Crippen LogP contribution in [0.15, 0.2) is 54.6 Å². The minimum atomic E-state index is 0.269. The molecule has 5 heteroatoms. The van der Waals surface area contributed by atoms with E-state index in [-0.39, 0.29) is 6.10 Å². The Morgan fingerprint density at radius 3 is 2.38 bits per heavy atom. The zero-order valence-electron chi connectivity index (χ0n) is 24.7. The van der Waals surface area contributed by atoms with E-state index in [2.05, 4.69) is 77.9 Å². The number of nitrogens with zero attached hydrogens (tertiary/aromatic N) is 2. The van der Waals surface area contributed by atoms with Crippen LogP contribution in [0.5, 0.6) is 5.75 Å². The van der Waals surface area contributed by atoms with Crippen molar-refractivity contribution in [1.29, 1.82) is 0 Å². The van der Waals surface area contributed by atoms with Gasteiger partial charge in [0.1, 0.15) is 5.75 Å². The predicted molar refractivity (Wildman–Crippen MR) is 161 cm³/mol. The first kappa shape index (κ1) is 29.5. The van der Waals surface area contributed by atoms with Gasteiger partial charge in [0.25, 0.3) is 0 Å². The Labute approximate surface area is 237 Å². The molecule has 0 spiro atoms. The van der Waals surface area contributed by atoms with Gasteiger partial charge in [-0.05, 0) is 48.9 Å². The fourth-order valence-electron chi connectivity index (χ4n) is 6.60. The number of benzene rings is 2. The quantitative estimate of drug-likeness (QED) is 0.182. The highest BCUT2D eigenvalue weighted by Gasteiger charge is 2.45. The molecule has 2 aromatic rings. The van der Waals surface area contributed by atoms with Gasteiger partial charge in [-0.15, -0.1) is 0 Å².